The van der Waals surface area contributed by atoms with E-state index in [2.05, 4.69) is 23.9 Å². The summed E-state index contributed by atoms with van der Waals surface area (Å²) in [6.45, 7) is 11.6. The lowest BCUT2D eigenvalue weighted by Crippen LogP contribution is -2.45. The number of rotatable bonds is 6. The van der Waals surface area contributed by atoms with Crippen molar-refractivity contribution in [1.82, 2.24) is 9.80 Å². The van der Waals surface area contributed by atoms with Gasteiger partial charge >= 0.3 is 0 Å². The van der Waals surface area contributed by atoms with Crippen LogP contribution < -0.4 is 5.73 Å². The smallest absolute Gasteiger partial charge is 0.233 e. The number of oxime groups is 1. The number of likely N-dealkylation sites (tertiary alicyclic amines) is 1. The quantitative estimate of drug-likeness (QED) is 0.329. The van der Waals surface area contributed by atoms with Crippen LogP contribution in [0, 0.1) is 11.8 Å². The summed E-state index contributed by atoms with van der Waals surface area (Å²) in [5.41, 5.74) is 5.68. The lowest BCUT2D eigenvalue weighted by atomic mass is 9.93. The van der Waals surface area contributed by atoms with Crippen molar-refractivity contribution in [2.45, 2.75) is 40.2 Å². The van der Waals surface area contributed by atoms with Crippen molar-refractivity contribution in [1.29, 1.82) is 0 Å². The fraction of sp³-hybridized carbons (Fsp3) is 0.857. The molecule has 0 spiro atoms. The van der Waals surface area contributed by atoms with Crippen molar-refractivity contribution in [3.05, 3.63) is 0 Å². The standard InChI is InChI=1S/C14H28N4O2/c1-5-17(6-2)11-7-8-18(9-11)14(19)12(10(3)4)13(15)16-20/h10-12,20H,5-9H2,1-4H3,(H2,15,16). The minimum Gasteiger partial charge on any atom is -0.409 e. The van der Waals surface area contributed by atoms with E-state index in [0.29, 0.717) is 6.04 Å². The summed E-state index contributed by atoms with van der Waals surface area (Å²) in [6, 6.07) is 0.425. The van der Waals surface area contributed by atoms with Gasteiger partial charge in [0.2, 0.25) is 5.91 Å². The Morgan fingerprint density at radius 3 is 2.50 bits per heavy atom. The highest BCUT2D eigenvalue weighted by atomic mass is 16.4. The highest BCUT2D eigenvalue weighted by Gasteiger charge is 2.35. The second-order valence-electron chi connectivity index (χ2n) is 5.69. The molecule has 0 aromatic rings. The zero-order chi connectivity index (χ0) is 15.3. The van der Waals surface area contributed by atoms with Crippen LogP contribution >= 0.6 is 0 Å². The van der Waals surface area contributed by atoms with Crippen LogP contribution in [0.25, 0.3) is 0 Å². The minimum atomic E-state index is -0.532. The fourth-order valence-corrected chi connectivity index (χ4v) is 2.99. The summed E-state index contributed by atoms with van der Waals surface area (Å²) < 4.78 is 0. The van der Waals surface area contributed by atoms with E-state index in [0.717, 1.165) is 32.6 Å². The number of hydrogen-bond acceptors (Lipinski definition) is 4. The molecule has 1 saturated heterocycles. The number of nitrogens with zero attached hydrogens (tertiary/aromatic N) is 3. The van der Waals surface area contributed by atoms with Gasteiger partial charge in [0.05, 0.1) is 0 Å². The average Bonchev–Trinajstić information content (AvgIpc) is 2.89. The van der Waals surface area contributed by atoms with E-state index in [1.807, 2.05) is 18.7 Å². The summed E-state index contributed by atoms with van der Waals surface area (Å²) in [4.78, 5) is 16.8. The van der Waals surface area contributed by atoms with Crippen LogP contribution in [0.15, 0.2) is 5.16 Å². The first kappa shape index (κ1) is 16.8. The highest BCUT2D eigenvalue weighted by molar-refractivity contribution is 6.02. The largest absolute Gasteiger partial charge is 0.409 e. The van der Waals surface area contributed by atoms with Gasteiger partial charge < -0.3 is 15.8 Å². The van der Waals surface area contributed by atoms with E-state index in [4.69, 9.17) is 10.9 Å². The Morgan fingerprint density at radius 2 is 2.05 bits per heavy atom. The number of nitrogens with two attached hydrogens (primary N) is 1. The molecular formula is C14H28N4O2. The first-order valence-corrected chi connectivity index (χ1v) is 7.46. The predicted molar refractivity (Wildman–Crippen MR) is 79.6 cm³/mol. The van der Waals surface area contributed by atoms with Gasteiger partial charge in [0.1, 0.15) is 5.92 Å². The van der Waals surface area contributed by atoms with Crippen LogP contribution in [0.5, 0.6) is 0 Å². The van der Waals surface area contributed by atoms with Gasteiger partial charge in [-0.1, -0.05) is 32.9 Å². The molecule has 1 amide bonds. The number of amides is 1. The Morgan fingerprint density at radius 1 is 1.45 bits per heavy atom. The van der Waals surface area contributed by atoms with Crippen LogP contribution in [0.2, 0.25) is 0 Å². The zero-order valence-corrected chi connectivity index (χ0v) is 13.0. The molecule has 1 heterocycles. The topological polar surface area (TPSA) is 82.2 Å². The van der Waals surface area contributed by atoms with Gasteiger partial charge in [-0.3, -0.25) is 9.69 Å². The van der Waals surface area contributed by atoms with Crippen molar-refractivity contribution in [2.24, 2.45) is 22.7 Å². The molecule has 1 fully saturated rings. The van der Waals surface area contributed by atoms with Crippen molar-refractivity contribution in [3.63, 3.8) is 0 Å². The second kappa shape index (κ2) is 7.47. The van der Waals surface area contributed by atoms with Crippen molar-refractivity contribution in [2.75, 3.05) is 26.2 Å². The zero-order valence-electron chi connectivity index (χ0n) is 13.0. The van der Waals surface area contributed by atoms with Gasteiger partial charge in [-0.2, -0.15) is 0 Å². The summed E-state index contributed by atoms with van der Waals surface area (Å²) in [5.74, 6) is -0.525. The molecule has 0 aromatic heterocycles. The molecule has 2 atom stereocenters. The third-order valence-electron chi connectivity index (χ3n) is 4.17. The van der Waals surface area contributed by atoms with E-state index in [-0.39, 0.29) is 17.7 Å². The second-order valence-corrected chi connectivity index (χ2v) is 5.69. The number of amidine groups is 1. The predicted octanol–water partition coefficient (Wildman–Crippen LogP) is 0.948. The van der Waals surface area contributed by atoms with Gasteiger partial charge in [0, 0.05) is 19.1 Å². The summed E-state index contributed by atoms with van der Waals surface area (Å²) in [5, 5.41) is 11.9. The Kier molecular flexibility index (Phi) is 6.26. The number of likely N-dealkylation sites (N-methyl/N-ethyl adjacent to an activating group) is 1. The molecule has 116 valence electrons. The monoisotopic (exact) mass is 284 g/mol. The van der Waals surface area contributed by atoms with E-state index in [1.54, 1.807) is 0 Å². The molecule has 3 N–H and O–H groups in total. The lowest BCUT2D eigenvalue weighted by Gasteiger charge is -2.28. The van der Waals surface area contributed by atoms with Crippen LogP contribution in [-0.4, -0.2) is 59.0 Å². The maximum atomic E-state index is 12.6. The van der Waals surface area contributed by atoms with E-state index in [1.165, 1.54) is 0 Å². The first-order chi connectivity index (χ1) is 9.46. The summed E-state index contributed by atoms with van der Waals surface area (Å²) in [6.07, 6.45) is 0.994. The van der Waals surface area contributed by atoms with Gasteiger partial charge in [-0.05, 0) is 25.4 Å². The Hall–Kier alpha value is -1.30. The third-order valence-corrected chi connectivity index (χ3v) is 4.17. The number of carbonyl (C=O) groups is 1. The maximum absolute atomic E-state index is 12.6. The van der Waals surface area contributed by atoms with E-state index >= 15 is 0 Å². The van der Waals surface area contributed by atoms with Crippen LogP contribution in [0.1, 0.15) is 34.1 Å². The first-order valence-electron chi connectivity index (χ1n) is 7.46. The van der Waals surface area contributed by atoms with Crippen LogP contribution in [0.4, 0.5) is 0 Å². The van der Waals surface area contributed by atoms with Crippen LogP contribution in [-0.2, 0) is 4.79 Å². The summed E-state index contributed by atoms with van der Waals surface area (Å²) in [7, 11) is 0. The fourth-order valence-electron chi connectivity index (χ4n) is 2.99. The van der Waals surface area contributed by atoms with Gasteiger partial charge in [-0.15, -0.1) is 0 Å². The van der Waals surface area contributed by atoms with Crippen LogP contribution in [0.3, 0.4) is 0 Å². The Bertz CT molecular complexity index is 353. The molecule has 0 radical (unpaired) electrons. The van der Waals surface area contributed by atoms with Gasteiger partial charge in [0.15, 0.2) is 5.84 Å². The van der Waals surface area contributed by atoms with Gasteiger partial charge in [-0.25, -0.2) is 0 Å². The van der Waals surface area contributed by atoms with E-state index < -0.39 is 5.92 Å². The molecule has 1 aliphatic heterocycles. The minimum absolute atomic E-state index is 0.0105. The Labute approximate surface area is 121 Å². The molecule has 20 heavy (non-hydrogen) atoms. The normalized spacial score (nSPS) is 21.8. The molecule has 2 unspecified atom stereocenters. The maximum Gasteiger partial charge on any atom is 0.233 e. The molecular weight excluding hydrogens is 256 g/mol. The third kappa shape index (κ3) is 3.62. The highest BCUT2D eigenvalue weighted by Crippen LogP contribution is 2.21. The molecule has 0 aliphatic carbocycles. The molecule has 1 rings (SSSR count). The lowest BCUT2D eigenvalue weighted by molar-refractivity contribution is -0.133. The van der Waals surface area contributed by atoms with E-state index in [9.17, 15) is 4.79 Å². The molecule has 0 bridgehead atoms. The average molecular weight is 284 g/mol. The SMILES string of the molecule is CCN(CC)C1CCN(C(=O)C(C(N)=NO)C(C)C)C1. The van der Waals surface area contributed by atoms with Gasteiger partial charge in [0.25, 0.3) is 0 Å². The molecule has 1 aliphatic rings. The van der Waals surface area contributed by atoms with Crippen molar-refractivity contribution in [3.8, 4) is 0 Å². The molecule has 6 nitrogen and oxygen atoms in total. The number of carbonyl (C=O) groups excluding carboxylic acids is 1. The Balaban J connectivity index is 2.74. The summed E-state index contributed by atoms with van der Waals surface area (Å²) >= 11 is 0. The van der Waals surface area contributed by atoms with Crippen molar-refractivity contribution >= 4 is 11.7 Å². The molecule has 6 heteroatoms. The number of hydrogen-bond donors (Lipinski definition) is 2. The molecule has 0 aromatic carbocycles. The van der Waals surface area contributed by atoms with Crippen molar-refractivity contribution < 1.29 is 10.0 Å². The molecule has 0 saturated carbocycles.